The van der Waals surface area contributed by atoms with Gasteiger partial charge in [-0.05, 0) is 18.9 Å². The zero-order chi connectivity index (χ0) is 12.8. The second kappa shape index (κ2) is 6.55. The van der Waals surface area contributed by atoms with Crippen LogP contribution >= 0.6 is 0 Å². The van der Waals surface area contributed by atoms with Gasteiger partial charge in [0.2, 0.25) is 5.95 Å². The molecule has 0 fully saturated rings. The Hall–Kier alpha value is -1.16. The minimum Gasteiger partial charge on any atom is -0.354 e. The van der Waals surface area contributed by atoms with E-state index in [9.17, 15) is 0 Å². The number of nitrogens with one attached hydrogen (secondary N) is 2. The molecule has 0 aliphatic carbocycles. The number of hydrogen-bond acceptors (Lipinski definition) is 4. The molecule has 0 spiro atoms. The largest absolute Gasteiger partial charge is 0.354 e. The number of anilines is 1. The first kappa shape index (κ1) is 13.9. The molecule has 17 heavy (non-hydrogen) atoms. The van der Waals surface area contributed by atoms with Crippen LogP contribution in [0.3, 0.4) is 0 Å². The Morgan fingerprint density at radius 1 is 1.18 bits per heavy atom. The lowest BCUT2D eigenvalue weighted by Gasteiger charge is -2.11. The molecule has 0 unspecified atom stereocenters. The van der Waals surface area contributed by atoms with E-state index in [2.05, 4.69) is 48.3 Å². The van der Waals surface area contributed by atoms with E-state index < -0.39 is 0 Å². The fourth-order valence-corrected chi connectivity index (χ4v) is 1.41. The summed E-state index contributed by atoms with van der Waals surface area (Å²) in [5, 5.41) is 6.63. The van der Waals surface area contributed by atoms with Crippen LogP contribution in [0.4, 0.5) is 5.95 Å². The highest BCUT2D eigenvalue weighted by molar-refractivity contribution is 5.28. The first-order valence-corrected chi connectivity index (χ1v) is 6.29. The molecular formula is C13H24N4. The highest BCUT2D eigenvalue weighted by Crippen LogP contribution is 2.06. The molecular weight excluding hydrogens is 212 g/mol. The molecule has 0 aliphatic rings. The minimum atomic E-state index is 0.470. The summed E-state index contributed by atoms with van der Waals surface area (Å²) in [4.78, 5) is 8.88. The highest BCUT2D eigenvalue weighted by atomic mass is 15.1. The molecule has 4 nitrogen and oxygen atoms in total. The Morgan fingerprint density at radius 2 is 1.88 bits per heavy atom. The van der Waals surface area contributed by atoms with Crippen LogP contribution in [0, 0.1) is 12.8 Å². The van der Waals surface area contributed by atoms with Gasteiger partial charge in [-0.3, -0.25) is 0 Å². The molecule has 0 saturated carbocycles. The third-order valence-electron chi connectivity index (χ3n) is 2.27. The zero-order valence-electron chi connectivity index (χ0n) is 11.5. The quantitative estimate of drug-likeness (QED) is 0.796. The maximum Gasteiger partial charge on any atom is 0.223 e. The van der Waals surface area contributed by atoms with Gasteiger partial charge in [0.05, 0.1) is 5.69 Å². The van der Waals surface area contributed by atoms with E-state index in [-0.39, 0.29) is 0 Å². The summed E-state index contributed by atoms with van der Waals surface area (Å²) in [7, 11) is 0. The molecule has 1 aromatic rings. The standard InChI is InChI=1S/C13H24N4/c1-9(2)7-15-13-16-11(5)6-12(17-13)8-14-10(3)4/h6,9-10,14H,7-8H2,1-5H3,(H,15,16,17). The van der Waals surface area contributed by atoms with E-state index in [0.29, 0.717) is 12.0 Å². The molecule has 0 saturated heterocycles. The average molecular weight is 236 g/mol. The van der Waals surface area contributed by atoms with Crippen LogP contribution in [0.1, 0.15) is 39.1 Å². The molecule has 1 rings (SSSR count). The van der Waals surface area contributed by atoms with Gasteiger partial charge < -0.3 is 10.6 Å². The smallest absolute Gasteiger partial charge is 0.223 e. The molecule has 2 N–H and O–H groups in total. The normalized spacial score (nSPS) is 11.2. The summed E-state index contributed by atoms with van der Waals surface area (Å²) in [5.41, 5.74) is 2.05. The highest BCUT2D eigenvalue weighted by Gasteiger charge is 2.03. The minimum absolute atomic E-state index is 0.470. The van der Waals surface area contributed by atoms with Crippen molar-refractivity contribution in [2.75, 3.05) is 11.9 Å². The molecule has 0 aromatic carbocycles. The summed E-state index contributed by atoms with van der Waals surface area (Å²) in [5.74, 6) is 1.33. The monoisotopic (exact) mass is 236 g/mol. The predicted octanol–water partition coefficient (Wildman–Crippen LogP) is 2.35. The number of aryl methyl sites for hydroxylation is 1. The van der Waals surface area contributed by atoms with E-state index in [1.54, 1.807) is 0 Å². The summed E-state index contributed by atoms with van der Waals surface area (Å²) in [6.07, 6.45) is 0. The maximum absolute atomic E-state index is 4.49. The second-order valence-electron chi connectivity index (χ2n) is 5.13. The predicted molar refractivity (Wildman–Crippen MR) is 72.1 cm³/mol. The SMILES string of the molecule is Cc1cc(CNC(C)C)nc(NCC(C)C)n1. The van der Waals surface area contributed by atoms with E-state index in [0.717, 1.165) is 30.4 Å². The Kier molecular flexibility index (Phi) is 5.35. The van der Waals surface area contributed by atoms with Gasteiger partial charge >= 0.3 is 0 Å². The van der Waals surface area contributed by atoms with E-state index in [1.165, 1.54) is 0 Å². The van der Waals surface area contributed by atoms with Crippen molar-refractivity contribution in [1.82, 2.24) is 15.3 Å². The summed E-state index contributed by atoms with van der Waals surface area (Å²) < 4.78 is 0. The molecule has 0 amide bonds. The zero-order valence-corrected chi connectivity index (χ0v) is 11.5. The lowest BCUT2D eigenvalue weighted by atomic mass is 10.2. The fourth-order valence-electron chi connectivity index (χ4n) is 1.41. The lowest BCUT2D eigenvalue weighted by Crippen LogP contribution is -2.23. The average Bonchev–Trinajstić information content (AvgIpc) is 2.23. The third kappa shape index (κ3) is 5.63. The summed E-state index contributed by atoms with van der Waals surface area (Å²) >= 11 is 0. The maximum atomic E-state index is 4.49. The summed E-state index contributed by atoms with van der Waals surface area (Å²) in [6.45, 7) is 12.3. The van der Waals surface area contributed by atoms with Crippen molar-refractivity contribution in [3.63, 3.8) is 0 Å². The van der Waals surface area contributed by atoms with Gasteiger partial charge in [0.1, 0.15) is 0 Å². The van der Waals surface area contributed by atoms with Crippen LogP contribution in [-0.2, 0) is 6.54 Å². The lowest BCUT2D eigenvalue weighted by molar-refractivity contribution is 0.580. The molecule has 96 valence electrons. The third-order valence-corrected chi connectivity index (χ3v) is 2.27. The van der Waals surface area contributed by atoms with Crippen molar-refractivity contribution < 1.29 is 0 Å². The molecule has 4 heteroatoms. The van der Waals surface area contributed by atoms with Crippen molar-refractivity contribution >= 4 is 5.95 Å². The van der Waals surface area contributed by atoms with Gasteiger partial charge in [0.25, 0.3) is 0 Å². The molecule has 0 bridgehead atoms. The van der Waals surface area contributed by atoms with Crippen LogP contribution in [0.25, 0.3) is 0 Å². The van der Waals surface area contributed by atoms with Crippen LogP contribution < -0.4 is 10.6 Å². The molecule has 1 aromatic heterocycles. The topological polar surface area (TPSA) is 49.8 Å². The molecule has 0 radical (unpaired) electrons. The van der Waals surface area contributed by atoms with Gasteiger partial charge in [-0.25, -0.2) is 9.97 Å². The van der Waals surface area contributed by atoms with Gasteiger partial charge in [0, 0.05) is 24.8 Å². The first-order chi connectivity index (χ1) is 7.97. The van der Waals surface area contributed by atoms with Crippen molar-refractivity contribution in [3.8, 4) is 0 Å². The second-order valence-corrected chi connectivity index (χ2v) is 5.13. The number of aromatic nitrogens is 2. The fraction of sp³-hybridized carbons (Fsp3) is 0.692. The van der Waals surface area contributed by atoms with E-state index in [1.807, 2.05) is 13.0 Å². The van der Waals surface area contributed by atoms with Gasteiger partial charge in [-0.2, -0.15) is 0 Å². The number of rotatable bonds is 6. The van der Waals surface area contributed by atoms with Crippen LogP contribution in [-0.4, -0.2) is 22.6 Å². The van der Waals surface area contributed by atoms with Gasteiger partial charge in [0.15, 0.2) is 0 Å². The van der Waals surface area contributed by atoms with Crippen molar-refractivity contribution in [2.45, 2.75) is 47.2 Å². The number of hydrogen-bond donors (Lipinski definition) is 2. The first-order valence-electron chi connectivity index (χ1n) is 6.29. The Balaban J connectivity index is 2.65. The molecule has 1 heterocycles. The van der Waals surface area contributed by atoms with Gasteiger partial charge in [-0.1, -0.05) is 27.7 Å². The Morgan fingerprint density at radius 3 is 2.47 bits per heavy atom. The van der Waals surface area contributed by atoms with E-state index in [4.69, 9.17) is 0 Å². The Labute approximate surface area is 104 Å². The molecule has 0 atom stereocenters. The Bertz CT molecular complexity index is 317. The van der Waals surface area contributed by atoms with Crippen molar-refractivity contribution in [2.24, 2.45) is 5.92 Å². The van der Waals surface area contributed by atoms with Crippen molar-refractivity contribution in [3.05, 3.63) is 17.5 Å². The number of nitrogens with zero attached hydrogens (tertiary/aromatic N) is 2. The summed E-state index contributed by atoms with van der Waals surface area (Å²) in [6, 6.07) is 2.49. The molecule has 0 aliphatic heterocycles. The van der Waals surface area contributed by atoms with Crippen LogP contribution in [0.15, 0.2) is 6.07 Å². The van der Waals surface area contributed by atoms with Crippen LogP contribution in [0.5, 0.6) is 0 Å². The van der Waals surface area contributed by atoms with E-state index >= 15 is 0 Å². The van der Waals surface area contributed by atoms with Crippen molar-refractivity contribution in [1.29, 1.82) is 0 Å². The van der Waals surface area contributed by atoms with Crippen LogP contribution in [0.2, 0.25) is 0 Å². The van der Waals surface area contributed by atoms with Gasteiger partial charge in [-0.15, -0.1) is 0 Å².